The number of hydrogen-bond acceptors (Lipinski definition) is 3. The van der Waals surface area contributed by atoms with Gasteiger partial charge >= 0.3 is 0 Å². The number of thioether (sulfide) groups is 1. The van der Waals surface area contributed by atoms with Gasteiger partial charge < -0.3 is 5.32 Å². The summed E-state index contributed by atoms with van der Waals surface area (Å²) >= 11 is 1.86. The topological polar surface area (TPSA) is 42.2 Å². The van der Waals surface area contributed by atoms with Gasteiger partial charge in [0.15, 0.2) is 5.17 Å². The zero-order chi connectivity index (χ0) is 13.0. The summed E-state index contributed by atoms with van der Waals surface area (Å²) in [6.07, 6.45) is 7.26. The Morgan fingerprint density at radius 2 is 2.28 bits per heavy atom. The van der Waals surface area contributed by atoms with E-state index in [4.69, 9.17) is 0 Å². The molecule has 4 nitrogen and oxygen atoms in total. The standard InChI is InChI=1S/C13H22N4S/c1-4-13(5-2)10-18-12(16-13)14-7-6-11-8-15-17(3)9-11/h8-9H,4-7,10H2,1-3H3,(H,14,16). The molecule has 1 aromatic heterocycles. The normalized spacial score (nSPS) is 20.3. The molecule has 1 fully saturated rings. The van der Waals surface area contributed by atoms with E-state index in [1.165, 1.54) is 5.56 Å². The van der Waals surface area contributed by atoms with Crippen LogP contribution in [-0.4, -0.2) is 32.8 Å². The quantitative estimate of drug-likeness (QED) is 0.888. The summed E-state index contributed by atoms with van der Waals surface area (Å²) in [5.41, 5.74) is 1.53. The lowest BCUT2D eigenvalue weighted by Crippen LogP contribution is -2.42. The molecule has 1 aliphatic heterocycles. The highest BCUT2D eigenvalue weighted by Gasteiger charge is 2.33. The van der Waals surface area contributed by atoms with Crippen molar-refractivity contribution in [1.82, 2.24) is 15.1 Å². The molecular weight excluding hydrogens is 244 g/mol. The van der Waals surface area contributed by atoms with Crippen molar-refractivity contribution in [2.45, 2.75) is 38.6 Å². The average molecular weight is 266 g/mol. The second-order valence-corrected chi connectivity index (χ2v) is 5.82. The van der Waals surface area contributed by atoms with E-state index in [9.17, 15) is 0 Å². The van der Waals surface area contributed by atoms with Crippen molar-refractivity contribution in [3.8, 4) is 0 Å². The van der Waals surface area contributed by atoms with Crippen LogP contribution >= 0.6 is 11.8 Å². The van der Waals surface area contributed by atoms with Crippen molar-refractivity contribution in [2.75, 3.05) is 12.3 Å². The van der Waals surface area contributed by atoms with Crippen LogP contribution in [0.2, 0.25) is 0 Å². The van der Waals surface area contributed by atoms with Crippen LogP contribution in [0.4, 0.5) is 0 Å². The van der Waals surface area contributed by atoms with Gasteiger partial charge in [-0.05, 0) is 24.8 Å². The number of aromatic nitrogens is 2. The first-order valence-corrected chi connectivity index (χ1v) is 7.59. The number of rotatable bonds is 5. The summed E-state index contributed by atoms with van der Waals surface area (Å²) in [4.78, 5) is 4.65. The Labute approximate surface area is 113 Å². The molecule has 1 aromatic rings. The van der Waals surface area contributed by atoms with Gasteiger partial charge in [-0.1, -0.05) is 25.6 Å². The summed E-state index contributed by atoms with van der Waals surface area (Å²) in [6.45, 7) is 5.33. The maximum atomic E-state index is 4.65. The minimum Gasteiger partial charge on any atom is -0.359 e. The van der Waals surface area contributed by atoms with Crippen LogP contribution in [0.5, 0.6) is 0 Å². The second kappa shape index (κ2) is 5.78. The van der Waals surface area contributed by atoms with Gasteiger partial charge in [0.2, 0.25) is 0 Å². The first-order chi connectivity index (χ1) is 8.67. The van der Waals surface area contributed by atoms with Crippen LogP contribution in [0.3, 0.4) is 0 Å². The molecule has 100 valence electrons. The molecule has 0 radical (unpaired) electrons. The van der Waals surface area contributed by atoms with Crippen molar-refractivity contribution >= 4 is 16.9 Å². The molecule has 0 aliphatic carbocycles. The summed E-state index contributed by atoms with van der Waals surface area (Å²) in [5, 5.41) is 8.86. The van der Waals surface area contributed by atoms with Gasteiger partial charge in [0.1, 0.15) is 0 Å². The van der Waals surface area contributed by atoms with Gasteiger partial charge in [0.25, 0.3) is 0 Å². The lowest BCUT2D eigenvalue weighted by atomic mass is 9.96. The highest BCUT2D eigenvalue weighted by molar-refractivity contribution is 8.14. The fourth-order valence-electron chi connectivity index (χ4n) is 2.11. The predicted molar refractivity (Wildman–Crippen MR) is 78.1 cm³/mol. The minimum atomic E-state index is 0.276. The van der Waals surface area contributed by atoms with Crippen LogP contribution in [0.1, 0.15) is 32.3 Å². The summed E-state index contributed by atoms with van der Waals surface area (Å²) in [5.74, 6) is 1.14. The maximum Gasteiger partial charge on any atom is 0.157 e. The zero-order valence-electron chi connectivity index (χ0n) is 11.4. The van der Waals surface area contributed by atoms with Gasteiger partial charge in [0, 0.05) is 31.1 Å². The maximum absolute atomic E-state index is 4.65. The molecule has 2 heterocycles. The lowest BCUT2D eigenvalue weighted by Gasteiger charge is -2.25. The third-order valence-electron chi connectivity index (χ3n) is 3.63. The molecule has 1 saturated heterocycles. The van der Waals surface area contributed by atoms with Crippen LogP contribution < -0.4 is 5.32 Å². The van der Waals surface area contributed by atoms with Gasteiger partial charge in [-0.3, -0.25) is 9.67 Å². The van der Waals surface area contributed by atoms with Crippen LogP contribution in [0.25, 0.3) is 0 Å². The van der Waals surface area contributed by atoms with E-state index in [2.05, 4.69) is 35.5 Å². The molecule has 0 atom stereocenters. The average Bonchev–Trinajstić information content (AvgIpc) is 2.97. The number of nitrogens with zero attached hydrogens (tertiary/aromatic N) is 3. The fourth-order valence-corrected chi connectivity index (χ4v) is 3.47. The van der Waals surface area contributed by atoms with E-state index in [0.717, 1.165) is 36.7 Å². The molecule has 0 bridgehead atoms. The summed E-state index contributed by atoms with van der Waals surface area (Å²) in [7, 11) is 1.95. The molecule has 5 heteroatoms. The number of hydrogen-bond donors (Lipinski definition) is 1. The first-order valence-electron chi connectivity index (χ1n) is 6.60. The molecule has 1 N–H and O–H groups in total. The molecule has 2 rings (SSSR count). The van der Waals surface area contributed by atoms with Gasteiger partial charge in [0.05, 0.1) is 6.20 Å². The fraction of sp³-hybridized carbons (Fsp3) is 0.692. The Morgan fingerprint density at radius 3 is 2.83 bits per heavy atom. The van der Waals surface area contributed by atoms with Crippen molar-refractivity contribution in [3.63, 3.8) is 0 Å². The van der Waals surface area contributed by atoms with E-state index >= 15 is 0 Å². The Bertz CT molecular complexity index is 420. The summed E-state index contributed by atoms with van der Waals surface area (Å²) < 4.78 is 1.84. The number of aliphatic imine (C=N–C) groups is 1. The van der Waals surface area contributed by atoms with E-state index in [0.29, 0.717) is 0 Å². The van der Waals surface area contributed by atoms with Crippen LogP contribution in [0, 0.1) is 0 Å². The van der Waals surface area contributed by atoms with E-state index in [1.54, 1.807) is 0 Å². The Hall–Kier alpha value is -0.970. The van der Waals surface area contributed by atoms with Gasteiger partial charge in [-0.15, -0.1) is 0 Å². The highest BCUT2D eigenvalue weighted by atomic mass is 32.2. The van der Waals surface area contributed by atoms with E-state index in [-0.39, 0.29) is 5.54 Å². The monoisotopic (exact) mass is 266 g/mol. The third-order valence-corrected chi connectivity index (χ3v) is 4.83. The molecule has 0 saturated carbocycles. The smallest absolute Gasteiger partial charge is 0.157 e. The molecule has 0 aromatic carbocycles. The van der Waals surface area contributed by atoms with Crippen LogP contribution in [-0.2, 0) is 13.5 Å². The Morgan fingerprint density at radius 1 is 1.50 bits per heavy atom. The van der Waals surface area contributed by atoms with Crippen molar-refractivity contribution < 1.29 is 0 Å². The number of nitrogens with one attached hydrogen (secondary N) is 1. The molecular formula is C13H22N4S. The number of amidine groups is 1. The van der Waals surface area contributed by atoms with Crippen molar-refractivity contribution in [3.05, 3.63) is 18.0 Å². The molecule has 1 aliphatic rings. The van der Waals surface area contributed by atoms with E-state index in [1.807, 2.05) is 29.7 Å². The molecule has 0 unspecified atom stereocenters. The highest BCUT2D eigenvalue weighted by Crippen LogP contribution is 2.28. The zero-order valence-corrected chi connectivity index (χ0v) is 12.3. The van der Waals surface area contributed by atoms with E-state index < -0.39 is 0 Å². The van der Waals surface area contributed by atoms with Crippen LogP contribution in [0.15, 0.2) is 17.4 Å². The molecule has 0 spiro atoms. The third kappa shape index (κ3) is 3.07. The minimum absolute atomic E-state index is 0.276. The van der Waals surface area contributed by atoms with Crippen molar-refractivity contribution in [1.29, 1.82) is 0 Å². The molecule has 0 amide bonds. The predicted octanol–water partition coefficient (Wildman–Crippen LogP) is 2.21. The Balaban J connectivity index is 1.84. The van der Waals surface area contributed by atoms with Crippen molar-refractivity contribution in [2.24, 2.45) is 12.0 Å². The number of aryl methyl sites for hydroxylation is 1. The second-order valence-electron chi connectivity index (χ2n) is 4.86. The van der Waals surface area contributed by atoms with Gasteiger partial charge in [-0.2, -0.15) is 5.10 Å². The summed E-state index contributed by atoms with van der Waals surface area (Å²) in [6, 6.07) is 0. The van der Waals surface area contributed by atoms with Gasteiger partial charge in [-0.25, -0.2) is 0 Å². The SMILES string of the molecule is CCC1(CC)CSC(=NCCc2cnn(C)c2)N1. The lowest BCUT2D eigenvalue weighted by molar-refractivity contribution is 0.407. The molecule has 18 heavy (non-hydrogen) atoms. The largest absolute Gasteiger partial charge is 0.359 e. The first kappa shape index (κ1) is 13.5. The Kier molecular flexibility index (Phi) is 4.32.